The molecule has 0 aromatic heterocycles. The molecular weight excluding hydrogens is 299 g/mol. The van der Waals surface area contributed by atoms with Crippen LogP contribution >= 0.6 is 23.2 Å². The second-order valence-corrected chi connectivity index (χ2v) is 5.10. The van der Waals surface area contributed by atoms with Gasteiger partial charge in [-0.3, -0.25) is 4.79 Å². The average Bonchev–Trinajstić information content (AvgIpc) is 2.42. The highest BCUT2D eigenvalue weighted by molar-refractivity contribution is 6.39. The van der Waals surface area contributed by atoms with Crippen LogP contribution in [-0.2, 0) is 9.53 Å². The standard InChI is InChI=1S/C14H20Cl2N2O2/c1-2-3-8-20-9-7-17-10-13(19)18-14-11(15)5-4-6-12(14)16/h4-6,17H,2-3,7-10H2,1H3,(H,18,19). The van der Waals surface area contributed by atoms with Crippen LogP contribution < -0.4 is 10.6 Å². The number of unbranched alkanes of at least 4 members (excludes halogenated alkanes) is 1. The Morgan fingerprint density at radius 3 is 2.60 bits per heavy atom. The van der Waals surface area contributed by atoms with Gasteiger partial charge >= 0.3 is 0 Å². The molecule has 0 bridgehead atoms. The molecule has 0 radical (unpaired) electrons. The van der Waals surface area contributed by atoms with E-state index in [4.69, 9.17) is 27.9 Å². The molecule has 4 nitrogen and oxygen atoms in total. The third kappa shape index (κ3) is 6.57. The Hall–Kier alpha value is -0.810. The van der Waals surface area contributed by atoms with Crippen molar-refractivity contribution < 1.29 is 9.53 Å². The van der Waals surface area contributed by atoms with E-state index in [1.54, 1.807) is 18.2 Å². The number of rotatable bonds is 9. The molecule has 2 N–H and O–H groups in total. The SMILES string of the molecule is CCCCOCCNCC(=O)Nc1c(Cl)cccc1Cl. The molecule has 1 rings (SSSR count). The molecule has 0 unspecified atom stereocenters. The minimum atomic E-state index is -0.187. The lowest BCUT2D eigenvalue weighted by Crippen LogP contribution is -2.30. The number of hydrogen-bond acceptors (Lipinski definition) is 3. The van der Waals surface area contributed by atoms with Crippen molar-refractivity contribution in [1.29, 1.82) is 0 Å². The number of anilines is 1. The van der Waals surface area contributed by atoms with Crippen LogP contribution in [0.2, 0.25) is 10.0 Å². The predicted molar refractivity (Wildman–Crippen MR) is 83.7 cm³/mol. The third-order valence-corrected chi connectivity index (χ3v) is 3.21. The second-order valence-electron chi connectivity index (χ2n) is 4.29. The maximum Gasteiger partial charge on any atom is 0.238 e. The Labute approximate surface area is 129 Å². The zero-order chi connectivity index (χ0) is 14.8. The third-order valence-electron chi connectivity index (χ3n) is 2.58. The highest BCUT2D eigenvalue weighted by atomic mass is 35.5. The summed E-state index contributed by atoms with van der Waals surface area (Å²) >= 11 is 11.9. The topological polar surface area (TPSA) is 50.4 Å². The molecule has 0 aliphatic heterocycles. The van der Waals surface area contributed by atoms with Crippen molar-refractivity contribution >= 4 is 34.8 Å². The van der Waals surface area contributed by atoms with E-state index in [-0.39, 0.29) is 12.5 Å². The molecule has 20 heavy (non-hydrogen) atoms. The first-order chi connectivity index (χ1) is 9.65. The molecule has 0 saturated carbocycles. The van der Waals surface area contributed by atoms with Gasteiger partial charge in [0.15, 0.2) is 0 Å². The predicted octanol–water partition coefficient (Wildman–Crippen LogP) is 3.34. The van der Waals surface area contributed by atoms with Crippen LogP contribution in [0, 0.1) is 0 Å². The van der Waals surface area contributed by atoms with E-state index in [9.17, 15) is 4.79 Å². The fourth-order valence-corrected chi connectivity index (χ4v) is 1.99. The number of halogens is 2. The largest absolute Gasteiger partial charge is 0.380 e. The molecule has 0 atom stereocenters. The van der Waals surface area contributed by atoms with Crippen LogP contribution in [-0.4, -0.2) is 32.2 Å². The first-order valence-electron chi connectivity index (χ1n) is 6.67. The van der Waals surface area contributed by atoms with Crippen molar-refractivity contribution in [3.63, 3.8) is 0 Å². The smallest absolute Gasteiger partial charge is 0.238 e. The number of benzene rings is 1. The number of carbonyl (C=O) groups excluding carboxylic acids is 1. The summed E-state index contributed by atoms with van der Waals surface area (Å²) in [6.45, 7) is 4.30. The lowest BCUT2D eigenvalue weighted by molar-refractivity contribution is -0.115. The highest BCUT2D eigenvalue weighted by Crippen LogP contribution is 2.29. The molecule has 0 spiro atoms. The lowest BCUT2D eigenvalue weighted by atomic mass is 10.3. The summed E-state index contributed by atoms with van der Waals surface area (Å²) in [5.74, 6) is -0.187. The Morgan fingerprint density at radius 1 is 1.25 bits per heavy atom. The van der Waals surface area contributed by atoms with E-state index in [0.29, 0.717) is 28.9 Å². The van der Waals surface area contributed by atoms with Crippen LogP contribution in [0.5, 0.6) is 0 Å². The van der Waals surface area contributed by atoms with Gasteiger partial charge in [-0.15, -0.1) is 0 Å². The van der Waals surface area contributed by atoms with Crippen molar-refractivity contribution in [3.05, 3.63) is 28.2 Å². The van der Waals surface area contributed by atoms with Crippen LogP contribution in [0.3, 0.4) is 0 Å². The summed E-state index contributed by atoms with van der Waals surface area (Å²) in [6.07, 6.45) is 2.18. The lowest BCUT2D eigenvalue weighted by Gasteiger charge is -2.10. The molecule has 6 heteroatoms. The first kappa shape index (κ1) is 17.2. The van der Waals surface area contributed by atoms with Crippen molar-refractivity contribution in [3.8, 4) is 0 Å². The van der Waals surface area contributed by atoms with Gasteiger partial charge in [0.2, 0.25) is 5.91 Å². The van der Waals surface area contributed by atoms with Gasteiger partial charge in [-0.2, -0.15) is 0 Å². The van der Waals surface area contributed by atoms with E-state index in [2.05, 4.69) is 17.6 Å². The number of hydrogen-bond donors (Lipinski definition) is 2. The van der Waals surface area contributed by atoms with Crippen LogP contribution in [0.25, 0.3) is 0 Å². The average molecular weight is 319 g/mol. The number of ether oxygens (including phenoxy) is 1. The molecule has 0 aliphatic carbocycles. The summed E-state index contributed by atoms with van der Waals surface area (Å²) in [4.78, 5) is 11.7. The van der Waals surface area contributed by atoms with E-state index in [1.807, 2.05) is 0 Å². The summed E-state index contributed by atoms with van der Waals surface area (Å²) in [7, 11) is 0. The number of amides is 1. The first-order valence-corrected chi connectivity index (χ1v) is 7.43. The van der Waals surface area contributed by atoms with Gasteiger partial charge in [0, 0.05) is 13.2 Å². The van der Waals surface area contributed by atoms with Gasteiger partial charge in [-0.05, 0) is 18.6 Å². The molecule has 1 aromatic rings. The summed E-state index contributed by atoms with van der Waals surface area (Å²) in [5, 5.41) is 6.53. The monoisotopic (exact) mass is 318 g/mol. The number of nitrogens with one attached hydrogen (secondary N) is 2. The van der Waals surface area contributed by atoms with E-state index >= 15 is 0 Å². The van der Waals surface area contributed by atoms with Crippen molar-refractivity contribution in [2.75, 3.05) is 31.6 Å². The van der Waals surface area contributed by atoms with Crippen molar-refractivity contribution in [2.24, 2.45) is 0 Å². The van der Waals surface area contributed by atoms with Gasteiger partial charge in [0.1, 0.15) is 0 Å². The molecule has 1 aromatic carbocycles. The molecular formula is C14H20Cl2N2O2. The van der Waals surface area contributed by atoms with E-state index < -0.39 is 0 Å². The Kier molecular flexibility index (Phi) is 8.62. The van der Waals surface area contributed by atoms with Gasteiger partial charge < -0.3 is 15.4 Å². The summed E-state index contributed by atoms with van der Waals surface area (Å²) in [5.41, 5.74) is 0.446. The maximum absolute atomic E-state index is 11.7. The second kappa shape index (κ2) is 10.00. The van der Waals surface area contributed by atoms with Gasteiger partial charge in [0.25, 0.3) is 0 Å². The Morgan fingerprint density at radius 2 is 1.95 bits per heavy atom. The molecule has 112 valence electrons. The summed E-state index contributed by atoms with van der Waals surface area (Å²) in [6, 6.07) is 5.09. The van der Waals surface area contributed by atoms with Crippen LogP contribution in [0.1, 0.15) is 19.8 Å². The normalized spacial score (nSPS) is 10.6. The van der Waals surface area contributed by atoms with E-state index in [0.717, 1.165) is 19.4 Å². The molecule has 0 aliphatic rings. The van der Waals surface area contributed by atoms with Crippen LogP contribution in [0.15, 0.2) is 18.2 Å². The highest BCUT2D eigenvalue weighted by Gasteiger charge is 2.08. The number of carbonyl (C=O) groups is 1. The molecule has 0 heterocycles. The molecule has 0 saturated heterocycles. The van der Waals surface area contributed by atoms with Gasteiger partial charge in [-0.1, -0.05) is 42.6 Å². The quantitative estimate of drug-likeness (QED) is 0.686. The van der Waals surface area contributed by atoms with Crippen molar-refractivity contribution in [1.82, 2.24) is 5.32 Å². The van der Waals surface area contributed by atoms with Gasteiger partial charge in [0.05, 0.1) is 28.9 Å². The Balaban J connectivity index is 2.21. The summed E-state index contributed by atoms with van der Waals surface area (Å²) < 4.78 is 5.38. The zero-order valence-electron chi connectivity index (χ0n) is 11.5. The zero-order valence-corrected chi connectivity index (χ0v) is 13.1. The minimum Gasteiger partial charge on any atom is -0.380 e. The fraction of sp³-hybridized carbons (Fsp3) is 0.500. The molecule has 1 amide bonds. The number of para-hydroxylation sites is 1. The maximum atomic E-state index is 11.7. The minimum absolute atomic E-state index is 0.187. The van der Waals surface area contributed by atoms with E-state index in [1.165, 1.54) is 0 Å². The fourth-order valence-electron chi connectivity index (χ4n) is 1.50. The van der Waals surface area contributed by atoms with Gasteiger partial charge in [-0.25, -0.2) is 0 Å². The molecule has 0 fully saturated rings. The van der Waals surface area contributed by atoms with Crippen LogP contribution in [0.4, 0.5) is 5.69 Å². The van der Waals surface area contributed by atoms with Crippen molar-refractivity contribution in [2.45, 2.75) is 19.8 Å². The Bertz CT molecular complexity index is 407.